The highest BCUT2D eigenvalue weighted by molar-refractivity contribution is 6.30. The number of nitrogens with two attached hydrogens (primary N) is 1. The van der Waals surface area contributed by atoms with E-state index in [1.165, 1.54) is 5.56 Å². The molecule has 0 spiro atoms. The molecule has 18 heavy (non-hydrogen) atoms. The number of nitrogen functional groups attached to an aromatic ring is 1. The van der Waals surface area contributed by atoms with Gasteiger partial charge in [-0.05, 0) is 29.7 Å². The van der Waals surface area contributed by atoms with Crippen LogP contribution in [0, 0.1) is 0 Å². The number of benzene rings is 1. The minimum atomic E-state index is 0.488. The van der Waals surface area contributed by atoms with Gasteiger partial charge in [0, 0.05) is 11.9 Å². The van der Waals surface area contributed by atoms with Gasteiger partial charge < -0.3 is 11.1 Å². The molecular formula is C14H16ClN3. The molecule has 0 aliphatic heterocycles. The predicted molar refractivity (Wildman–Crippen MR) is 77.5 cm³/mol. The molecule has 0 unspecified atom stereocenters. The van der Waals surface area contributed by atoms with Crippen molar-refractivity contribution in [1.82, 2.24) is 4.98 Å². The van der Waals surface area contributed by atoms with Crippen LogP contribution in [-0.2, 0) is 0 Å². The Morgan fingerprint density at radius 1 is 1.28 bits per heavy atom. The molecular weight excluding hydrogens is 246 g/mol. The molecule has 1 aromatic carbocycles. The smallest absolute Gasteiger partial charge is 0.153 e. The lowest BCUT2D eigenvalue weighted by molar-refractivity contribution is 0.867. The van der Waals surface area contributed by atoms with Crippen molar-refractivity contribution in [2.45, 2.75) is 19.8 Å². The normalized spacial score (nSPS) is 10.7. The van der Waals surface area contributed by atoms with Gasteiger partial charge >= 0.3 is 0 Å². The third-order valence-corrected chi connectivity index (χ3v) is 2.91. The van der Waals surface area contributed by atoms with Crippen LogP contribution in [0.2, 0.25) is 5.02 Å². The number of pyridine rings is 1. The molecule has 0 saturated carbocycles. The second kappa shape index (κ2) is 5.27. The molecule has 0 fully saturated rings. The zero-order chi connectivity index (χ0) is 13.1. The average molecular weight is 262 g/mol. The second-order valence-corrected chi connectivity index (χ2v) is 4.93. The monoisotopic (exact) mass is 261 g/mol. The zero-order valence-electron chi connectivity index (χ0n) is 10.4. The number of rotatable bonds is 3. The van der Waals surface area contributed by atoms with Gasteiger partial charge in [-0.25, -0.2) is 4.98 Å². The number of nitrogens with zero attached hydrogens (tertiary/aromatic N) is 1. The Balaban J connectivity index is 2.25. The Kier molecular flexibility index (Phi) is 3.72. The van der Waals surface area contributed by atoms with Gasteiger partial charge in [0.05, 0.1) is 10.7 Å². The van der Waals surface area contributed by atoms with E-state index in [-0.39, 0.29) is 0 Å². The summed E-state index contributed by atoms with van der Waals surface area (Å²) in [6, 6.07) is 9.89. The van der Waals surface area contributed by atoms with E-state index in [0.717, 1.165) is 5.69 Å². The fourth-order valence-electron chi connectivity index (χ4n) is 1.67. The summed E-state index contributed by atoms with van der Waals surface area (Å²) in [5.74, 6) is 1.11. The first kappa shape index (κ1) is 12.7. The van der Waals surface area contributed by atoms with Crippen LogP contribution in [0.1, 0.15) is 25.3 Å². The number of halogens is 1. The van der Waals surface area contributed by atoms with Gasteiger partial charge in [0.1, 0.15) is 0 Å². The Morgan fingerprint density at radius 3 is 2.72 bits per heavy atom. The third kappa shape index (κ3) is 2.93. The molecule has 0 amide bonds. The van der Waals surface area contributed by atoms with Crippen LogP contribution >= 0.6 is 11.6 Å². The van der Waals surface area contributed by atoms with Crippen LogP contribution in [0.3, 0.4) is 0 Å². The molecule has 0 radical (unpaired) electrons. The number of aromatic nitrogens is 1. The van der Waals surface area contributed by atoms with Crippen LogP contribution in [-0.4, -0.2) is 4.98 Å². The van der Waals surface area contributed by atoms with Crippen molar-refractivity contribution in [2.24, 2.45) is 0 Å². The summed E-state index contributed by atoms with van der Waals surface area (Å²) in [6.45, 7) is 4.32. The average Bonchev–Trinajstić information content (AvgIpc) is 2.33. The summed E-state index contributed by atoms with van der Waals surface area (Å²) >= 11 is 5.82. The molecule has 0 saturated heterocycles. The van der Waals surface area contributed by atoms with E-state index in [1.54, 1.807) is 12.3 Å². The minimum Gasteiger partial charge on any atom is -0.396 e. The molecule has 0 aliphatic carbocycles. The highest BCUT2D eigenvalue weighted by Gasteiger charge is 2.04. The summed E-state index contributed by atoms with van der Waals surface area (Å²) in [6.07, 6.45) is 1.58. The van der Waals surface area contributed by atoms with Gasteiger partial charge in [-0.2, -0.15) is 0 Å². The van der Waals surface area contributed by atoms with Gasteiger partial charge in [-0.15, -0.1) is 0 Å². The Bertz CT molecular complexity index is 552. The van der Waals surface area contributed by atoms with Crippen molar-refractivity contribution in [3.05, 3.63) is 47.1 Å². The molecule has 4 heteroatoms. The molecule has 3 N–H and O–H groups in total. The second-order valence-electron chi connectivity index (χ2n) is 4.50. The van der Waals surface area contributed by atoms with Crippen LogP contribution < -0.4 is 11.1 Å². The van der Waals surface area contributed by atoms with Crippen LogP contribution in [0.5, 0.6) is 0 Å². The molecule has 0 atom stereocenters. The topological polar surface area (TPSA) is 50.9 Å². The van der Waals surface area contributed by atoms with E-state index in [0.29, 0.717) is 22.4 Å². The summed E-state index contributed by atoms with van der Waals surface area (Å²) < 4.78 is 0. The number of hydrogen-bond donors (Lipinski definition) is 2. The van der Waals surface area contributed by atoms with Crippen molar-refractivity contribution in [1.29, 1.82) is 0 Å². The SMILES string of the molecule is CC(C)c1cccc(Nc2ncc(Cl)cc2N)c1. The lowest BCUT2D eigenvalue weighted by Gasteiger charge is -2.11. The maximum absolute atomic E-state index is 5.86. The largest absolute Gasteiger partial charge is 0.396 e. The first-order valence-corrected chi connectivity index (χ1v) is 6.22. The van der Waals surface area contributed by atoms with E-state index in [1.807, 2.05) is 12.1 Å². The fraction of sp³-hybridized carbons (Fsp3) is 0.214. The lowest BCUT2D eigenvalue weighted by Crippen LogP contribution is -1.99. The molecule has 0 bridgehead atoms. The maximum Gasteiger partial charge on any atom is 0.153 e. The van der Waals surface area contributed by atoms with Crippen LogP contribution in [0.15, 0.2) is 36.5 Å². The highest BCUT2D eigenvalue weighted by Crippen LogP contribution is 2.25. The third-order valence-electron chi connectivity index (χ3n) is 2.70. The highest BCUT2D eigenvalue weighted by atomic mass is 35.5. The Labute approximate surface area is 112 Å². The van der Waals surface area contributed by atoms with E-state index in [2.05, 4.69) is 36.3 Å². The zero-order valence-corrected chi connectivity index (χ0v) is 11.2. The van der Waals surface area contributed by atoms with Crippen LogP contribution in [0.25, 0.3) is 0 Å². The summed E-state index contributed by atoms with van der Waals surface area (Å²) in [7, 11) is 0. The molecule has 3 nitrogen and oxygen atoms in total. The van der Waals surface area contributed by atoms with Crippen molar-refractivity contribution in [3.8, 4) is 0 Å². The first-order chi connectivity index (χ1) is 8.56. The molecule has 1 aromatic heterocycles. The van der Waals surface area contributed by atoms with E-state index < -0.39 is 0 Å². The number of hydrogen-bond acceptors (Lipinski definition) is 3. The van der Waals surface area contributed by atoms with Gasteiger partial charge in [-0.3, -0.25) is 0 Å². The first-order valence-electron chi connectivity index (χ1n) is 5.84. The lowest BCUT2D eigenvalue weighted by atomic mass is 10.0. The molecule has 94 valence electrons. The van der Waals surface area contributed by atoms with Crippen molar-refractivity contribution >= 4 is 28.8 Å². The van der Waals surface area contributed by atoms with E-state index >= 15 is 0 Å². The molecule has 2 aromatic rings. The van der Waals surface area contributed by atoms with Crippen molar-refractivity contribution in [2.75, 3.05) is 11.1 Å². The predicted octanol–water partition coefficient (Wildman–Crippen LogP) is 4.18. The molecule has 0 aliphatic rings. The minimum absolute atomic E-state index is 0.488. The summed E-state index contributed by atoms with van der Waals surface area (Å²) in [4.78, 5) is 4.18. The van der Waals surface area contributed by atoms with Crippen molar-refractivity contribution < 1.29 is 0 Å². The Morgan fingerprint density at radius 2 is 2.06 bits per heavy atom. The van der Waals surface area contributed by atoms with Gasteiger partial charge in [0.2, 0.25) is 0 Å². The number of nitrogens with one attached hydrogen (secondary N) is 1. The quantitative estimate of drug-likeness (QED) is 0.871. The van der Waals surface area contributed by atoms with E-state index in [9.17, 15) is 0 Å². The van der Waals surface area contributed by atoms with Gasteiger partial charge in [-0.1, -0.05) is 37.6 Å². The standard InChI is InChI=1S/C14H16ClN3/c1-9(2)10-4-3-5-12(6-10)18-14-13(16)7-11(15)8-17-14/h3-9H,16H2,1-2H3,(H,17,18). The summed E-state index contributed by atoms with van der Waals surface area (Å²) in [5, 5.41) is 3.74. The number of anilines is 3. The maximum atomic E-state index is 5.86. The van der Waals surface area contributed by atoms with Gasteiger partial charge in [0.15, 0.2) is 5.82 Å². The molecule has 2 rings (SSSR count). The van der Waals surface area contributed by atoms with Crippen molar-refractivity contribution in [3.63, 3.8) is 0 Å². The van der Waals surface area contributed by atoms with Crippen LogP contribution in [0.4, 0.5) is 17.2 Å². The molecule has 1 heterocycles. The fourth-order valence-corrected chi connectivity index (χ4v) is 1.84. The summed E-state index contributed by atoms with van der Waals surface area (Å²) in [5.41, 5.74) is 8.64. The van der Waals surface area contributed by atoms with Gasteiger partial charge in [0.25, 0.3) is 0 Å². The Hall–Kier alpha value is -1.74. The van der Waals surface area contributed by atoms with E-state index in [4.69, 9.17) is 17.3 Å².